The first-order valence-corrected chi connectivity index (χ1v) is 6.36. The standard InChI is InChI=1S/C16H15N3O2/c1-18-16(21)12-7-5-11(6-8-12)14-4-2-3-13(9-20)15(14)19-10-17/h2-10H,1H3,(H2,17,19)(H,18,21). The van der Waals surface area contributed by atoms with E-state index in [-0.39, 0.29) is 5.91 Å². The zero-order valence-electron chi connectivity index (χ0n) is 11.5. The molecular formula is C16H15N3O2. The average molecular weight is 281 g/mol. The molecule has 0 fully saturated rings. The Morgan fingerprint density at radius 3 is 2.48 bits per heavy atom. The van der Waals surface area contributed by atoms with Crippen molar-refractivity contribution in [3.8, 4) is 11.1 Å². The van der Waals surface area contributed by atoms with Gasteiger partial charge < -0.3 is 11.1 Å². The summed E-state index contributed by atoms with van der Waals surface area (Å²) in [4.78, 5) is 26.7. The summed E-state index contributed by atoms with van der Waals surface area (Å²) >= 11 is 0. The number of amides is 1. The Bertz CT molecular complexity index is 691. The number of nitrogens with zero attached hydrogens (tertiary/aromatic N) is 1. The average Bonchev–Trinajstić information content (AvgIpc) is 2.54. The molecule has 0 aliphatic rings. The van der Waals surface area contributed by atoms with E-state index in [1.807, 2.05) is 18.2 Å². The number of aldehydes is 1. The van der Waals surface area contributed by atoms with E-state index in [9.17, 15) is 9.59 Å². The molecule has 0 saturated carbocycles. The van der Waals surface area contributed by atoms with E-state index >= 15 is 0 Å². The number of carbonyl (C=O) groups excluding carboxylic acids is 2. The summed E-state index contributed by atoms with van der Waals surface area (Å²) in [6.07, 6.45) is 1.90. The highest BCUT2D eigenvalue weighted by Crippen LogP contribution is 2.32. The summed E-state index contributed by atoms with van der Waals surface area (Å²) in [5, 5.41) is 2.57. The normalized spacial score (nSPS) is 10.5. The van der Waals surface area contributed by atoms with Crippen LogP contribution in [0.5, 0.6) is 0 Å². The maximum Gasteiger partial charge on any atom is 0.251 e. The molecule has 0 spiro atoms. The smallest absolute Gasteiger partial charge is 0.251 e. The molecule has 5 nitrogen and oxygen atoms in total. The van der Waals surface area contributed by atoms with Crippen molar-refractivity contribution in [2.24, 2.45) is 10.7 Å². The Labute approximate surface area is 122 Å². The Hall–Kier alpha value is -2.95. The Morgan fingerprint density at radius 1 is 1.19 bits per heavy atom. The van der Waals surface area contributed by atoms with Crippen LogP contribution >= 0.6 is 0 Å². The number of hydrogen-bond donors (Lipinski definition) is 2. The molecule has 21 heavy (non-hydrogen) atoms. The minimum absolute atomic E-state index is 0.150. The molecule has 0 saturated heterocycles. The van der Waals surface area contributed by atoms with Gasteiger partial charge in [0.2, 0.25) is 0 Å². The third-order valence-corrected chi connectivity index (χ3v) is 3.08. The lowest BCUT2D eigenvalue weighted by Crippen LogP contribution is -2.17. The van der Waals surface area contributed by atoms with E-state index in [0.717, 1.165) is 23.8 Å². The van der Waals surface area contributed by atoms with Gasteiger partial charge >= 0.3 is 0 Å². The van der Waals surface area contributed by atoms with Crippen LogP contribution in [-0.4, -0.2) is 25.6 Å². The van der Waals surface area contributed by atoms with E-state index in [0.29, 0.717) is 16.8 Å². The Kier molecular flexibility index (Phi) is 4.46. The highest BCUT2D eigenvalue weighted by Gasteiger charge is 2.10. The number of carbonyl (C=O) groups is 2. The summed E-state index contributed by atoms with van der Waals surface area (Å²) in [7, 11) is 1.58. The van der Waals surface area contributed by atoms with Gasteiger partial charge in [-0.2, -0.15) is 0 Å². The second-order valence-electron chi connectivity index (χ2n) is 4.30. The molecule has 0 unspecified atom stereocenters. The highest BCUT2D eigenvalue weighted by molar-refractivity contribution is 5.96. The lowest BCUT2D eigenvalue weighted by Gasteiger charge is -2.08. The minimum atomic E-state index is -0.150. The number of nitrogens with one attached hydrogen (secondary N) is 1. The van der Waals surface area contributed by atoms with Gasteiger partial charge in [-0.1, -0.05) is 24.3 Å². The van der Waals surface area contributed by atoms with Crippen LogP contribution in [-0.2, 0) is 0 Å². The van der Waals surface area contributed by atoms with Gasteiger partial charge in [0.05, 0.1) is 12.0 Å². The summed E-state index contributed by atoms with van der Waals surface area (Å²) in [5.74, 6) is -0.150. The van der Waals surface area contributed by atoms with Gasteiger partial charge in [-0.3, -0.25) is 9.59 Å². The van der Waals surface area contributed by atoms with Crippen LogP contribution < -0.4 is 11.1 Å². The fourth-order valence-electron chi connectivity index (χ4n) is 2.05. The van der Waals surface area contributed by atoms with Crippen LogP contribution in [0.1, 0.15) is 20.7 Å². The number of hydrogen-bond acceptors (Lipinski definition) is 3. The van der Waals surface area contributed by atoms with Crippen LogP contribution in [0.2, 0.25) is 0 Å². The van der Waals surface area contributed by atoms with E-state index < -0.39 is 0 Å². The Balaban J connectivity index is 2.51. The van der Waals surface area contributed by atoms with Crippen molar-refractivity contribution < 1.29 is 9.59 Å². The third-order valence-electron chi connectivity index (χ3n) is 3.08. The topological polar surface area (TPSA) is 84.5 Å². The van der Waals surface area contributed by atoms with Crippen LogP contribution in [0.4, 0.5) is 5.69 Å². The van der Waals surface area contributed by atoms with Crippen molar-refractivity contribution in [1.29, 1.82) is 0 Å². The quantitative estimate of drug-likeness (QED) is 0.511. The van der Waals surface area contributed by atoms with Crippen molar-refractivity contribution in [2.75, 3.05) is 7.05 Å². The molecule has 0 bridgehead atoms. The highest BCUT2D eigenvalue weighted by atomic mass is 16.1. The fraction of sp³-hybridized carbons (Fsp3) is 0.0625. The summed E-state index contributed by atoms with van der Waals surface area (Å²) < 4.78 is 0. The maximum absolute atomic E-state index is 11.5. The largest absolute Gasteiger partial charge is 0.390 e. The van der Waals surface area contributed by atoms with Gasteiger partial charge in [0.25, 0.3) is 5.91 Å². The molecule has 2 aromatic rings. The van der Waals surface area contributed by atoms with Crippen LogP contribution in [0.3, 0.4) is 0 Å². The van der Waals surface area contributed by atoms with Gasteiger partial charge in [-0.25, -0.2) is 4.99 Å². The molecule has 5 heteroatoms. The molecule has 0 atom stereocenters. The van der Waals surface area contributed by atoms with Gasteiger partial charge in [0.1, 0.15) is 0 Å². The lowest BCUT2D eigenvalue weighted by atomic mass is 9.99. The zero-order valence-corrected chi connectivity index (χ0v) is 11.5. The van der Waals surface area contributed by atoms with E-state index in [2.05, 4.69) is 10.3 Å². The number of nitrogens with two attached hydrogens (primary N) is 1. The number of benzene rings is 2. The molecule has 106 valence electrons. The second kappa shape index (κ2) is 6.47. The molecule has 0 aliphatic heterocycles. The van der Waals surface area contributed by atoms with Crippen molar-refractivity contribution in [1.82, 2.24) is 5.32 Å². The van der Waals surface area contributed by atoms with E-state index in [1.54, 1.807) is 31.3 Å². The molecule has 3 N–H and O–H groups in total. The molecule has 0 aliphatic carbocycles. The SMILES string of the molecule is CNC(=O)c1ccc(-c2cccc(C=O)c2N=CN)cc1. The van der Waals surface area contributed by atoms with Crippen molar-refractivity contribution in [3.63, 3.8) is 0 Å². The lowest BCUT2D eigenvalue weighted by molar-refractivity contribution is 0.0962. The summed E-state index contributed by atoms with van der Waals surface area (Å²) in [6, 6.07) is 12.4. The van der Waals surface area contributed by atoms with Crippen molar-refractivity contribution >= 4 is 24.2 Å². The van der Waals surface area contributed by atoms with Crippen LogP contribution in [0.25, 0.3) is 11.1 Å². The maximum atomic E-state index is 11.5. The van der Waals surface area contributed by atoms with Crippen molar-refractivity contribution in [3.05, 3.63) is 53.6 Å². The Morgan fingerprint density at radius 2 is 1.90 bits per heavy atom. The summed E-state index contributed by atoms with van der Waals surface area (Å²) in [5.41, 5.74) is 8.53. The first-order valence-electron chi connectivity index (χ1n) is 6.36. The summed E-state index contributed by atoms with van der Waals surface area (Å²) in [6.45, 7) is 0. The zero-order chi connectivity index (χ0) is 15.2. The monoisotopic (exact) mass is 281 g/mol. The van der Waals surface area contributed by atoms with E-state index in [1.165, 1.54) is 0 Å². The molecule has 0 radical (unpaired) electrons. The van der Waals surface area contributed by atoms with Gasteiger partial charge in [0.15, 0.2) is 6.29 Å². The van der Waals surface area contributed by atoms with Crippen LogP contribution in [0, 0.1) is 0 Å². The van der Waals surface area contributed by atoms with E-state index in [4.69, 9.17) is 5.73 Å². The number of aliphatic imine (C=N–C) groups is 1. The molecule has 0 aromatic heterocycles. The van der Waals surface area contributed by atoms with Crippen LogP contribution in [0.15, 0.2) is 47.5 Å². The second-order valence-corrected chi connectivity index (χ2v) is 4.30. The molecule has 0 heterocycles. The number of rotatable bonds is 4. The number of para-hydroxylation sites is 1. The predicted octanol–water partition coefficient (Wildman–Crippen LogP) is 2.14. The predicted molar refractivity (Wildman–Crippen MR) is 83.0 cm³/mol. The van der Waals surface area contributed by atoms with Crippen molar-refractivity contribution in [2.45, 2.75) is 0 Å². The first-order chi connectivity index (χ1) is 10.2. The molecular weight excluding hydrogens is 266 g/mol. The van der Waals surface area contributed by atoms with Gasteiger partial charge in [-0.15, -0.1) is 0 Å². The fourth-order valence-corrected chi connectivity index (χ4v) is 2.05. The minimum Gasteiger partial charge on any atom is -0.390 e. The van der Waals surface area contributed by atoms with Gasteiger partial charge in [0, 0.05) is 23.7 Å². The molecule has 1 amide bonds. The first kappa shape index (κ1) is 14.5. The third kappa shape index (κ3) is 2.97. The molecule has 2 aromatic carbocycles. The molecule has 2 rings (SSSR count). The van der Waals surface area contributed by atoms with Gasteiger partial charge in [-0.05, 0) is 23.8 Å².